The van der Waals surface area contributed by atoms with E-state index in [0.717, 1.165) is 0 Å². The van der Waals surface area contributed by atoms with Crippen molar-refractivity contribution in [2.45, 2.75) is 19.4 Å². The molecule has 0 heterocycles. The molecule has 1 amide bonds. The van der Waals surface area contributed by atoms with Crippen LogP contribution in [0.2, 0.25) is 0 Å². The van der Waals surface area contributed by atoms with E-state index in [4.69, 9.17) is 14.2 Å². The molecule has 0 saturated carbocycles. The number of hydrogen-bond donors (Lipinski definition) is 2. The predicted molar refractivity (Wildman–Crippen MR) is 99.6 cm³/mol. The molecule has 0 spiro atoms. The van der Waals surface area contributed by atoms with Crippen molar-refractivity contribution in [1.82, 2.24) is 5.32 Å². The van der Waals surface area contributed by atoms with Gasteiger partial charge in [0.05, 0.1) is 33.3 Å². The fourth-order valence-corrected chi connectivity index (χ4v) is 2.63. The number of carbonyl (C=O) groups is 2. The first kappa shape index (κ1) is 20.1. The Morgan fingerprint density at radius 2 is 1.70 bits per heavy atom. The van der Waals surface area contributed by atoms with Crippen molar-refractivity contribution in [2.75, 3.05) is 20.8 Å². The lowest BCUT2D eigenvalue weighted by Gasteiger charge is -2.20. The van der Waals surface area contributed by atoms with Crippen LogP contribution in [0.1, 0.15) is 35.3 Å². The van der Waals surface area contributed by atoms with Crippen molar-refractivity contribution >= 4 is 11.9 Å². The summed E-state index contributed by atoms with van der Waals surface area (Å²) in [5.74, 6) is 0.245. The quantitative estimate of drug-likeness (QED) is 0.702. The lowest BCUT2D eigenvalue weighted by molar-refractivity contribution is -0.137. The molecule has 0 aliphatic carbocycles. The van der Waals surface area contributed by atoms with Crippen LogP contribution >= 0.6 is 0 Å². The minimum atomic E-state index is -1.04. The first-order valence-corrected chi connectivity index (χ1v) is 8.46. The topological polar surface area (TPSA) is 94.1 Å². The SMILES string of the molecule is CCOc1ccc(C(=O)NC(CC(=O)O)c2ccc(OC)cc2OC)cc1. The summed E-state index contributed by atoms with van der Waals surface area (Å²) in [6.45, 7) is 2.41. The standard InChI is InChI=1S/C20H23NO6/c1-4-27-14-7-5-13(6-8-14)20(24)21-17(12-19(22)23)16-10-9-15(25-2)11-18(16)26-3/h5-11,17H,4,12H2,1-3H3,(H,21,24)(H,22,23). The minimum absolute atomic E-state index is 0.286. The normalized spacial score (nSPS) is 11.4. The van der Waals surface area contributed by atoms with Crippen LogP contribution in [0.5, 0.6) is 17.2 Å². The number of ether oxygens (including phenoxy) is 3. The molecule has 0 aromatic heterocycles. The highest BCUT2D eigenvalue weighted by Gasteiger charge is 2.22. The molecule has 2 rings (SSSR count). The van der Waals surface area contributed by atoms with E-state index in [1.165, 1.54) is 14.2 Å². The summed E-state index contributed by atoms with van der Waals surface area (Å²) in [7, 11) is 3.00. The van der Waals surface area contributed by atoms with E-state index >= 15 is 0 Å². The Labute approximate surface area is 157 Å². The third kappa shape index (κ3) is 5.37. The van der Waals surface area contributed by atoms with Gasteiger partial charge in [0.15, 0.2) is 0 Å². The van der Waals surface area contributed by atoms with E-state index in [1.54, 1.807) is 42.5 Å². The van der Waals surface area contributed by atoms with Gasteiger partial charge in [-0.1, -0.05) is 0 Å². The van der Waals surface area contributed by atoms with Crippen LogP contribution in [-0.4, -0.2) is 37.8 Å². The van der Waals surface area contributed by atoms with Gasteiger partial charge in [0.1, 0.15) is 17.2 Å². The number of carbonyl (C=O) groups excluding carboxylic acids is 1. The first-order valence-electron chi connectivity index (χ1n) is 8.46. The molecule has 1 atom stereocenters. The lowest BCUT2D eigenvalue weighted by Crippen LogP contribution is -2.30. The zero-order valence-electron chi connectivity index (χ0n) is 15.5. The zero-order valence-corrected chi connectivity index (χ0v) is 15.5. The molecule has 0 bridgehead atoms. The second kappa shape index (κ2) is 9.47. The molecule has 2 aromatic carbocycles. The van der Waals surface area contributed by atoms with Crippen molar-refractivity contribution in [3.05, 3.63) is 53.6 Å². The van der Waals surface area contributed by atoms with E-state index in [1.807, 2.05) is 6.92 Å². The summed E-state index contributed by atoms with van der Waals surface area (Å²) in [6.07, 6.45) is -0.286. The Kier molecular flexibility index (Phi) is 7.05. The number of carboxylic acid groups (broad SMARTS) is 1. The maximum absolute atomic E-state index is 12.6. The number of aliphatic carboxylic acids is 1. The molecule has 0 fully saturated rings. The highest BCUT2D eigenvalue weighted by molar-refractivity contribution is 5.94. The van der Waals surface area contributed by atoms with Gasteiger partial charge in [-0.05, 0) is 43.3 Å². The lowest BCUT2D eigenvalue weighted by atomic mass is 10.0. The molecule has 2 N–H and O–H groups in total. The van der Waals surface area contributed by atoms with Gasteiger partial charge in [-0.15, -0.1) is 0 Å². The smallest absolute Gasteiger partial charge is 0.305 e. The van der Waals surface area contributed by atoms with E-state index in [9.17, 15) is 14.7 Å². The van der Waals surface area contributed by atoms with E-state index in [-0.39, 0.29) is 12.3 Å². The summed E-state index contributed by atoms with van der Waals surface area (Å²) < 4.78 is 15.9. The average molecular weight is 373 g/mol. The number of benzene rings is 2. The summed E-state index contributed by atoms with van der Waals surface area (Å²) in [6, 6.07) is 10.9. The van der Waals surface area contributed by atoms with E-state index in [0.29, 0.717) is 35.0 Å². The second-order valence-corrected chi connectivity index (χ2v) is 5.69. The Bertz CT molecular complexity index is 788. The Morgan fingerprint density at radius 3 is 2.26 bits per heavy atom. The maximum atomic E-state index is 12.6. The van der Waals surface area contributed by atoms with Gasteiger partial charge in [-0.3, -0.25) is 9.59 Å². The Morgan fingerprint density at radius 1 is 1.04 bits per heavy atom. The fraction of sp³-hybridized carbons (Fsp3) is 0.300. The van der Waals surface area contributed by atoms with Crippen LogP contribution in [0, 0.1) is 0 Å². The highest BCUT2D eigenvalue weighted by Crippen LogP contribution is 2.31. The summed E-state index contributed by atoms with van der Waals surface area (Å²) in [4.78, 5) is 23.9. The van der Waals surface area contributed by atoms with Gasteiger partial charge >= 0.3 is 5.97 Å². The molecule has 0 aliphatic rings. The fourth-order valence-electron chi connectivity index (χ4n) is 2.63. The molecule has 144 valence electrons. The van der Waals surface area contributed by atoms with Crippen molar-refractivity contribution in [1.29, 1.82) is 0 Å². The summed E-state index contributed by atoms with van der Waals surface area (Å²) in [5, 5.41) is 12.0. The summed E-state index contributed by atoms with van der Waals surface area (Å²) >= 11 is 0. The number of rotatable bonds is 9. The van der Waals surface area contributed by atoms with Gasteiger partial charge in [-0.25, -0.2) is 0 Å². The molecule has 27 heavy (non-hydrogen) atoms. The van der Waals surface area contributed by atoms with Crippen LogP contribution in [0.4, 0.5) is 0 Å². The third-order valence-electron chi connectivity index (χ3n) is 3.93. The Hall–Kier alpha value is -3.22. The van der Waals surface area contributed by atoms with E-state index in [2.05, 4.69) is 5.32 Å². The van der Waals surface area contributed by atoms with Gasteiger partial charge in [0.2, 0.25) is 0 Å². The first-order chi connectivity index (χ1) is 13.0. The average Bonchev–Trinajstić information content (AvgIpc) is 2.67. The molecular weight excluding hydrogens is 350 g/mol. The van der Waals surface area contributed by atoms with Crippen LogP contribution in [-0.2, 0) is 4.79 Å². The number of methoxy groups -OCH3 is 2. The Balaban J connectivity index is 2.26. The number of amides is 1. The van der Waals surface area contributed by atoms with Crippen LogP contribution in [0.25, 0.3) is 0 Å². The second-order valence-electron chi connectivity index (χ2n) is 5.69. The predicted octanol–water partition coefficient (Wildman–Crippen LogP) is 3.05. The van der Waals surface area contributed by atoms with Crippen molar-refractivity contribution in [3.8, 4) is 17.2 Å². The highest BCUT2D eigenvalue weighted by atomic mass is 16.5. The van der Waals surface area contributed by atoms with Gasteiger partial charge < -0.3 is 24.6 Å². The van der Waals surface area contributed by atoms with Gasteiger partial charge in [0.25, 0.3) is 5.91 Å². The molecule has 1 unspecified atom stereocenters. The van der Waals surface area contributed by atoms with Gasteiger partial charge in [-0.2, -0.15) is 0 Å². The van der Waals surface area contributed by atoms with Crippen LogP contribution in [0.15, 0.2) is 42.5 Å². The largest absolute Gasteiger partial charge is 0.497 e. The molecule has 7 nitrogen and oxygen atoms in total. The maximum Gasteiger partial charge on any atom is 0.305 e. The number of hydrogen-bond acceptors (Lipinski definition) is 5. The monoisotopic (exact) mass is 373 g/mol. The molecule has 2 aromatic rings. The molecule has 0 saturated heterocycles. The van der Waals surface area contributed by atoms with Crippen molar-refractivity contribution in [2.24, 2.45) is 0 Å². The molecule has 7 heteroatoms. The zero-order chi connectivity index (χ0) is 19.8. The molecular formula is C20H23NO6. The number of nitrogens with one attached hydrogen (secondary N) is 1. The van der Waals surface area contributed by atoms with Crippen LogP contribution < -0.4 is 19.5 Å². The van der Waals surface area contributed by atoms with Crippen molar-refractivity contribution in [3.63, 3.8) is 0 Å². The summed E-state index contributed by atoms with van der Waals surface area (Å²) in [5.41, 5.74) is 0.960. The van der Waals surface area contributed by atoms with Gasteiger partial charge in [0, 0.05) is 17.2 Å². The third-order valence-corrected chi connectivity index (χ3v) is 3.93. The van der Waals surface area contributed by atoms with E-state index < -0.39 is 12.0 Å². The van der Waals surface area contributed by atoms with Crippen LogP contribution in [0.3, 0.4) is 0 Å². The molecule has 0 radical (unpaired) electrons. The van der Waals surface area contributed by atoms with Crippen molar-refractivity contribution < 1.29 is 28.9 Å². The molecule has 0 aliphatic heterocycles. The minimum Gasteiger partial charge on any atom is -0.497 e. The number of carboxylic acids is 1.